The molecule has 102 valence electrons. The molecule has 4 heteroatoms. The molecule has 1 heterocycles. The van der Waals surface area contributed by atoms with E-state index in [1.54, 1.807) is 0 Å². The van der Waals surface area contributed by atoms with Crippen molar-refractivity contribution >= 4 is 15.9 Å². The van der Waals surface area contributed by atoms with Crippen molar-refractivity contribution in [2.45, 2.75) is 39.3 Å². The summed E-state index contributed by atoms with van der Waals surface area (Å²) in [5, 5.41) is 15.2. The summed E-state index contributed by atoms with van der Waals surface area (Å²) in [5.74, 6) is 0. The number of hydrogen-bond donors (Lipinski definition) is 1. The normalized spacial score (nSPS) is 14.4. The topological polar surface area (TPSA) is 38.0 Å². The van der Waals surface area contributed by atoms with Crippen LogP contribution in [0.2, 0.25) is 0 Å². The quantitative estimate of drug-likeness (QED) is 0.936. The second-order valence-corrected chi connectivity index (χ2v) is 5.88. The number of aromatic nitrogens is 2. The first-order chi connectivity index (χ1) is 8.94. The van der Waals surface area contributed by atoms with Crippen LogP contribution < -0.4 is 0 Å². The third-order valence-corrected chi connectivity index (χ3v) is 3.96. The van der Waals surface area contributed by atoms with Crippen LogP contribution in [0.5, 0.6) is 0 Å². The van der Waals surface area contributed by atoms with Crippen LogP contribution in [-0.4, -0.2) is 14.9 Å². The molecule has 0 bridgehead atoms. The van der Waals surface area contributed by atoms with Crippen LogP contribution >= 0.6 is 15.9 Å². The van der Waals surface area contributed by atoms with Crippen molar-refractivity contribution in [3.05, 3.63) is 51.8 Å². The molecule has 0 amide bonds. The molecule has 1 aromatic carbocycles. The van der Waals surface area contributed by atoms with Gasteiger partial charge in [0.15, 0.2) is 0 Å². The highest BCUT2D eigenvalue weighted by atomic mass is 79.9. The van der Waals surface area contributed by atoms with Crippen LogP contribution in [-0.2, 0) is 18.6 Å². The molecule has 1 unspecified atom stereocenters. The zero-order valence-electron chi connectivity index (χ0n) is 11.5. The summed E-state index contributed by atoms with van der Waals surface area (Å²) in [6, 6.07) is 9.83. The smallest absolute Gasteiger partial charge is 0.0934 e. The highest BCUT2D eigenvalue weighted by molar-refractivity contribution is 9.10. The van der Waals surface area contributed by atoms with Crippen molar-refractivity contribution in [2.24, 2.45) is 0 Å². The summed E-state index contributed by atoms with van der Waals surface area (Å²) < 4.78 is 2.87. The Morgan fingerprint density at radius 1 is 1.37 bits per heavy atom. The van der Waals surface area contributed by atoms with E-state index >= 15 is 0 Å². The zero-order valence-corrected chi connectivity index (χ0v) is 13.1. The van der Waals surface area contributed by atoms with E-state index < -0.39 is 5.60 Å². The van der Waals surface area contributed by atoms with Gasteiger partial charge < -0.3 is 5.11 Å². The van der Waals surface area contributed by atoms with E-state index in [9.17, 15) is 5.11 Å². The van der Waals surface area contributed by atoms with Crippen LogP contribution in [0.15, 0.2) is 34.8 Å². The average molecular weight is 323 g/mol. The molecular weight excluding hydrogens is 304 g/mol. The Labute approximate surface area is 122 Å². The largest absolute Gasteiger partial charge is 0.385 e. The summed E-state index contributed by atoms with van der Waals surface area (Å²) in [4.78, 5) is 0. The molecule has 0 aliphatic carbocycles. The summed E-state index contributed by atoms with van der Waals surface area (Å²) >= 11 is 3.50. The molecule has 0 spiro atoms. The van der Waals surface area contributed by atoms with Crippen molar-refractivity contribution in [3.8, 4) is 0 Å². The van der Waals surface area contributed by atoms with Crippen molar-refractivity contribution in [1.82, 2.24) is 9.78 Å². The molecule has 0 radical (unpaired) electrons. The van der Waals surface area contributed by atoms with E-state index in [0.717, 1.165) is 28.0 Å². The lowest BCUT2D eigenvalue weighted by Gasteiger charge is -2.25. The van der Waals surface area contributed by atoms with Crippen LogP contribution in [0.3, 0.4) is 0 Å². The maximum Gasteiger partial charge on any atom is 0.0934 e. The van der Waals surface area contributed by atoms with Crippen LogP contribution in [0.1, 0.15) is 30.8 Å². The van der Waals surface area contributed by atoms with Gasteiger partial charge in [0, 0.05) is 23.1 Å². The van der Waals surface area contributed by atoms with E-state index in [2.05, 4.69) is 28.0 Å². The maximum absolute atomic E-state index is 10.8. The molecule has 19 heavy (non-hydrogen) atoms. The van der Waals surface area contributed by atoms with Gasteiger partial charge in [0.2, 0.25) is 0 Å². The number of benzene rings is 1. The second-order valence-electron chi connectivity index (χ2n) is 5.02. The Balaban J connectivity index is 2.33. The molecular formula is C15H19BrN2O. The number of nitrogens with zero attached hydrogens (tertiary/aromatic N) is 2. The number of aryl methyl sites for hydroxylation is 2. The lowest BCUT2D eigenvalue weighted by molar-refractivity contribution is 0.0546. The minimum Gasteiger partial charge on any atom is -0.385 e. The molecule has 0 saturated carbocycles. The Morgan fingerprint density at radius 3 is 2.68 bits per heavy atom. The van der Waals surface area contributed by atoms with Crippen LogP contribution in [0.4, 0.5) is 0 Å². The molecule has 0 aliphatic heterocycles. The minimum absolute atomic E-state index is 0.546. The predicted molar refractivity (Wildman–Crippen MR) is 80.1 cm³/mol. The molecule has 0 aliphatic rings. The van der Waals surface area contributed by atoms with Gasteiger partial charge in [0.1, 0.15) is 0 Å². The molecule has 1 N–H and O–H groups in total. The van der Waals surface area contributed by atoms with Gasteiger partial charge in [-0.15, -0.1) is 0 Å². The predicted octanol–water partition coefficient (Wildman–Crippen LogP) is 3.42. The van der Waals surface area contributed by atoms with Crippen molar-refractivity contribution in [3.63, 3.8) is 0 Å². The van der Waals surface area contributed by atoms with E-state index in [1.165, 1.54) is 0 Å². The molecule has 2 rings (SSSR count). The average Bonchev–Trinajstić information content (AvgIpc) is 2.69. The highest BCUT2D eigenvalue weighted by Gasteiger charge is 2.27. The fourth-order valence-corrected chi connectivity index (χ4v) is 3.07. The number of halogens is 1. The van der Waals surface area contributed by atoms with Crippen LogP contribution in [0.25, 0.3) is 0 Å². The van der Waals surface area contributed by atoms with Gasteiger partial charge in [-0.1, -0.05) is 34.1 Å². The first-order valence-electron chi connectivity index (χ1n) is 6.44. The Kier molecular flexibility index (Phi) is 4.11. The summed E-state index contributed by atoms with van der Waals surface area (Å²) in [7, 11) is 0. The summed E-state index contributed by atoms with van der Waals surface area (Å²) in [5.41, 5.74) is 2.02. The fourth-order valence-electron chi connectivity index (χ4n) is 2.36. The third-order valence-electron chi connectivity index (χ3n) is 3.26. The maximum atomic E-state index is 10.8. The second kappa shape index (κ2) is 5.47. The summed E-state index contributed by atoms with van der Waals surface area (Å²) in [6.07, 6.45) is 0.546. The highest BCUT2D eigenvalue weighted by Crippen LogP contribution is 2.31. The van der Waals surface area contributed by atoms with Gasteiger partial charge in [-0.05, 0) is 38.5 Å². The molecule has 0 saturated heterocycles. The lowest BCUT2D eigenvalue weighted by atomic mass is 9.91. The summed E-state index contributed by atoms with van der Waals surface area (Å²) in [6.45, 7) is 6.69. The van der Waals surface area contributed by atoms with Gasteiger partial charge in [-0.2, -0.15) is 5.10 Å². The van der Waals surface area contributed by atoms with Crippen molar-refractivity contribution in [1.29, 1.82) is 0 Å². The molecule has 0 fully saturated rings. The molecule has 1 aromatic heterocycles. The minimum atomic E-state index is -0.917. The van der Waals surface area contributed by atoms with Crippen molar-refractivity contribution in [2.75, 3.05) is 0 Å². The van der Waals surface area contributed by atoms with E-state index in [1.807, 2.05) is 48.9 Å². The first-order valence-corrected chi connectivity index (χ1v) is 7.24. The fraction of sp³-hybridized carbons (Fsp3) is 0.400. The van der Waals surface area contributed by atoms with Crippen molar-refractivity contribution < 1.29 is 5.11 Å². The Hall–Kier alpha value is -1.13. The number of rotatable bonds is 4. The molecule has 2 aromatic rings. The SMILES string of the molecule is CCn1nc(C)cc1CC(C)(O)c1ccccc1Br. The van der Waals surface area contributed by atoms with E-state index in [-0.39, 0.29) is 0 Å². The van der Waals surface area contributed by atoms with Gasteiger partial charge in [0.05, 0.1) is 11.3 Å². The Morgan fingerprint density at radius 2 is 2.05 bits per heavy atom. The van der Waals surface area contributed by atoms with E-state index in [0.29, 0.717) is 6.42 Å². The van der Waals surface area contributed by atoms with Gasteiger partial charge in [-0.3, -0.25) is 4.68 Å². The van der Waals surface area contributed by atoms with Gasteiger partial charge in [-0.25, -0.2) is 0 Å². The Bertz CT molecular complexity index is 575. The standard InChI is InChI=1S/C15H19BrN2O/c1-4-18-12(9-11(2)17-18)10-15(3,19)13-7-5-6-8-14(13)16/h5-9,19H,4,10H2,1-3H3. The van der Waals surface area contributed by atoms with E-state index in [4.69, 9.17) is 0 Å². The molecule has 3 nitrogen and oxygen atoms in total. The van der Waals surface area contributed by atoms with Crippen LogP contribution in [0, 0.1) is 6.92 Å². The zero-order chi connectivity index (χ0) is 14.0. The monoisotopic (exact) mass is 322 g/mol. The lowest BCUT2D eigenvalue weighted by Crippen LogP contribution is -2.26. The third kappa shape index (κ3) is 3.07. The van der Waals surface area contributed by atoms with Gasteiger partial charge >= 0.3 is 0 Å². The molecule has 1 atom stereocenters. The van der Waals surface area contributed by atoms with Gasteiger partial charge in [0.25, 0.3) is 0 Å². The number of aliphatic hydroxyl groups is 1. The number of hydrogen-bond acceptors (Lipinski definition) is 2. The first kappa shape index (κ1) is 14.3.